The van der Waals surface area contributed by atoms with E-state index in [9.17, 15) is 5.11 Å². The average molecular weight is 269 g/mol. The quantitative estimate of drug-likeness (QED) is 0.895. The van der Waals surface area contributed by atoms with Gasteiger partial charge in [-0.05, 0) is 36.3 Å². The molecule has 1 aromatic carbocycles. The molecule has 3 rings (SSSR count). The van der Waals surface area contributed by atoms with E-state index in [1.807, 2.05) is 18.2 Å². The minimum absolute atomic E-state index is 0.227. The van der Waals surface area contributed by atoms with Gasteiger partial charge in [0.1, 0.15) is 0 Å². The van der Waals surface area contributed by atoms with Gasteiger partial charge in [-0.3, -0.25) is 4.98 Å². The second-order valence-corrected chi connectivity index (χ2v) is 7.22. The number of aromatic nitrogens is 1. The smallest absolute Gasteiger partial charge is 0.0733 e. The fourth-order valence-corrected chi connectivity index (χ4v) is 3.85. The average Bonchev–Trinajstić information content (AvgIpc) is 2.57. The van der Waals surface area contributed by atoms with Crippen LogP contribution in [0.3, 0.4) is 0 Å². The highest BCUT2D eigenvalue weighted by atomic mass is 16.3. The molecule has 0 aliphatic heterocycles. The Morgan fingerprint density at radius 2 is 1.95 bits per heavy atom. The molecule has 1 saturated carbocycles. The van der Waals surface area contributed by atoms with Crippen molar-refractivity contribution in [2.45, 2.75) is 45.6 Å². The van der Waals surface area contributed by atoms with Crippen LogP contribution >= 0.6 is 0 Å². The lowest BCUT2D eigenvalue weighted by molar-refractivity contribution is 0.00367. The summed E-state index contributed by atoms with van der Waals surface area (Å²) in [5, 5.41) is 12.1. The highest BCUT2D eigenvalue weighted by Gasteiger charge is 2.47. The van der Waals surface area contributed by atoms with E-state index in [4.69, 9.17) is 4.98 Å². The molecule has 1 aliphatic carbocycles. The van der Waals surface area contributed by atoms with Crippen molar-refractivity contribution in [2.24, 2.45) is 11.3 Å². The standard InChI is InChI=1S/C18H23NO/c1-13-10-17(2,3)12-18(13,20)11-15-9-8-14-6-4-5-7-16(14)19-15/h4-9,13,20H,10-12H2,1-3H3. The molecule has 1 aromatic heterocycles. The van der Waals surface area contributed by atoms with Crippen LogP contribution in [0, 0.1) is 11.3 Å². The van der Waals surface area contributed by atoms with Gasteiger partial charge in [-0.2, -0.15) is 0 Å². The van der Waals surface area contributed by atoms with Crippen molar-refractivity contribution in [1.29, 1.82) is 0 Å². The van der Waals surface area contributed by atoms with Crippen molar-refractivity contribution in [2.75, 3.05) is 0 Å². The summed E-state index contributed by atoms with van der Waals surface area (Å²) >= 11 is 0. The maximum atomic E-state index is 11.0. The molecule has 2 unspecified atom stereocenters. The SMILES string of the molecule is CC1CC(C)(C)CC1(O)Cc1ccc2ccccc2n1. The second-order valence-electron chi connectivity index (χ2n) is 7.22. The van der Waals surface area contributed by atoms with E-state index in [-0.39, 0.29) is 5.41 Å². The van der Waals surface area contributed by atoms with Gasteiger partial charge in [0.05, 0.1) is 11.1 Å². The Balaban J connectivity index is 1.89. The van der Waals surface area contributed by atoms with Crippen molar-refractivity contribution < 1.29 is 5.11 Å². The predicted molar refractivity (Wildman–Crippen MR) is 82.6 cm³/mol. The maximum absolute atomic E-state index is 11.0. The Hall–Kier alpha value is -1.41. The van der Waals surface area contributed by atoms with Crippen LogP contribution in [-0.4, -0.2) is 15.7 Å². The highest BCUT2D eigenvalue weighted by molar-refractivity contribution is 5.78. The molecule has 106 valence electrons. The number of aliphatic hydroxyl groups is 1. The first-order valence-electron chi connectivity index (χ1n) is 7.45. The van der Waals surface area contributed by atoms with Crippen LogP contribution in [0.5, 0.6) is 0 Å². The van der Waals surface area contributed by atoms with E-state index in [0.29, 0.717) is 12.3 Å². The fourth-order valence-electron chi connectivity index (χ4n) is 3.85. The molecule has 0 spiro atoms. The third-order valence-electron chi connectivity index (χ3n) is 4.70. The highest BCUT2D eigenvalue weighted by Crippen LogP contribution is 2.48. The first kappa shape index (κ1) is 13.6. The van der Waals surface area contributed by atoms with E-state index in [2.05, 4.69) is 39.0 Å². The van der Waals surface area contributed by atoms with E-state index in [0.717, 1.165) is 29.4 Å². The Labute approximate surface area is 120 Å². The minimum atomic E-state index is -0.612. The summed E-state index contributed by atoms with van der Waals surface area (Å²) in [7, 11) is 0. The molecule has 2 atom stereocenters. The molecule has 0 radical (unpaired) electrons. The molecule has 1 heterocycles. The molecule has 0 saturated heterocycles. The molecule has 2 nitrogen and oxygen atoms in total. The number of rotatable bonds is 2. The van der Waals surface area contributed by atoms with E-state index < -0.39 is 5.60 Å². The van der Waals surface area contributed by atoms with Crippen LogP contribution in [0.4, 0.5) is 0 Å². The number of pyridine rings is 1. The van der Waals surface area contributed by atoms with Crippen LogP contribution in [0.25, 0.3) is 10.9 Å². The summed E-state index contributed by atoms with van der Waals surface area (Å²) in [4.78, 5) is 4.71. The molecule has 20 heavy (non-hydrogen) atoms. The summed E-state index contributed by atoms with van der Waals surface area (Å²) in [6.45, 7) is 6.65. The Morgan fingerprint density at radius 1 is 1.20 bits per heavy atom. The summed E-state index contributed by atoms with van der Waals surface area (Å²) in [5.74, 6) is 0.325. The number of fused-ring (bicyclic) bond motifs is 1. The molecule has 1 fully saturated rings. The number of nitrogens with zero attached hydrogens (tertiary/aromatic N) is 1. The lowest BCUT2D eigenvalue weighted by atomic mass is 9.86. The number of benzene rings is 1. The van der Waals surface area contributed by atoms with E-state index >= 15 is 0 Å². The molecular weight excluding hydrogens is 246 g/mol. The maximum Gasteiger partial charge on any atom is 0.0733 e. The summed E-state index contributed by atoms with van der Waals surface area (Å²) < 4.78 is 0. The summed E-state index contributed by atoms with van der Waals surface area (Å²) in [6.07, 6.45) is 2.59. The first-order chi connectivity index (χ1) is 9.38. The van der Waals surface area contributed by atoms with Crippen molar-refractivity contribution >= 4 is 10.9 Å². The topological polar surface area (TPSA) is 33.1 Å². The zero-order valence-electron chi connectivity index (χ0n) is 12.6. The van der Waals surface area contributed by atoms with Crippen molar-refractivity contribution in [3.05, 3.63) is 42.1 Å². The van der Waals surface area contributed by atoms with Crippen molar-refractivity contribution in [1.82, 2.24) is 4.98 Å². The van der Waals surface area contributed by atoms with Gasteiger partial charge in [-0.15, -0.1) is 0 Å². The second kappa shape index (κ2) is 4.56. The number of para-hydroxylation sites is 1. The van der Waals surface area contributed by atoms with Gasteiger partial charge in [0.15, 0.2) is 0 Å². The molecule has 1 N–H and O–H groups in total. The van der Waals surface area contributed by atoms with Crippen LogP contribution < -0.4 is 0 Å². The Kier molecular flexibility index (Phi) is 3.09. The molecule has 0 amide bonds. The lowest BCUT2D eigenvalue weighted by Gasteiger charge is -2.28. The third-order valence-corrected chi connectivity index (χ3v) is 4.70. The molecule has 0 bridgehead atoms. The third kappa shape index (κ3) is 2.45. The Bertz CT molecular complexity index is 634. The van der Waals surface area contributed by atoms with Crippen LogP contribution in [0.15, 0.2) is 36.4 Å². The summed E-state index contributed by atoms with van der Waals surface area (Å²) in [5.41, 5.74) is 1.62. The van der Waals surface area contributed by atoms with Gasteiger partial charge in [-0.1, -0.05) is 45.0 Å². The van der Waals surface area contributed by atoms with Gasteiger partial charge in [0.25, 0.3) is 0 Å². The van der Waals surface area contributed by atoms with Gasteiger partial charge >= 0.3 is 0 Å². The monoisotopic (exact) mass is 269 g/mol. The van der Waals surface area contributed by atoms with Crippen molar-refractivity contribution in [3.8, 4) is 0 Å². The molecule has 2 aromatic rings. The minimum Gasteiger partial charge on any atom is -0.389 e. The normalized spacial score (nSPS) is 28.9. The molecular formula is C18H23NO. The first-order valence-corrected chi connectivity index (χ1v) is 7.45. The van der Waals surface area contributed by atoms with Crippen LogP contribution in [-0.2, 0) is 6.42 Å². The van der Waals surface area contributed by atoms with E-state index in [1.54, 1.807) is 0 Å². The van der Waals surface area contributed by atoms with Gasteiger partial charge in [0, 0.05) is 17.5 Å². The van der Waals surface area contributed by atoms with Crippen LogP contribution in [0.2, 0.25) is 0 Å². The number of hydrogen-bond acceptors (Lipinski definition) is 2. The van der Waals surface area contributed by atoms with Gasteiger partial charge in [-0.25, -0.2) is 0 Å². The zero-order valence-corrected chi connectivity index (χ0v) is 12.6. The molecule has 1 aliphatic rings. The zero-order chi connectivity index (χ0) is 14.4. The van der Waals surface area contributed by atoms with Crippen LogP contribution in [0.1, 0.15) is 39.3 Å². The Morgan fingerprint density at radius 3 is 2.65 bits per heavy atom. The van der Waals surface area contributed by atoms with E-state index in [1.165, 1.54) is 0 Å². The van der Waals surface area contributed by atoms with Gasteiger partial charge < -0.3 is 5.11 Å². The molecule has 2 heteroatoms. The fraction of sp³-hybridized carbons (Fsp3) is 0.500. The number of hydrogen-bond donors (Lipinski definition) is 1. The summed E-state index contributed by atoms with van der Waals surface area (Å²) in [6, 6.07) is 12.3. The van der Waals surface area contributed by atoms with Gasteiger partial charge in [0.2, 0.25) is 0 Å². The largest absolute Gasteiger partial charge is 0.389 e. The lowest BCUT2D eigenvalue weighted by Crippen LogP contribution is -2.35. The van der Waals surface area contributed by atoms with Crippen molar-refractivity contribution in [3.63, 3.8) is 0 Å². The predicted octanol–water partition coefficient (Wildman–Crippen LogP) is 3.96.